The summed E-state index contributed by atoms with van der Waals surface area (Å²) in [5.41, 5.74) is 2.56. The van der Waals surface area contributed by atoms with E-state index in [4.69, 9.17) is 4.52 Å². The molecule has 1 N–H and O–H groups in total. The molecule has 2 aromatic carbocycles. The van der Waals surface area contributed by atoms with E-state index in [1.165, 1.54) is 19.2 Å². The Hall–Kier alpha value is -3.06. The highest BCUT2D eigenvalue weighted by molar-refractivity contribution is 5.90. The van der Waals surface area contributed by atoms with Gasteiger partial charge in [0.1, 0.15) is 5.82 Å². The minimum Gasteiger partial charge on any atom is -0.465 e. The number of methoxy groups -OCH3 is 1. The Kier molecular flexibility index (Phi) is 4.58. The van der Waals surface area contributed by atoms with Gasteiger partial charge in [0.2, 0.25) is 5.82 Å². The number of halogens is 1. The summed E-state index contributed by atoms with van der Waals surface area (Å²) in [7, 11) is 1.18. The Morgan fingerprint density at radius 2 is 2.00 bits per heavy atom. The Labute approximate surface area is 142 Å². The molecule has 0 aliphatic carbocycles. The molecule has 25 heavy (non-hydrogen) atoms. The molecule has 0 bridgehead atoms. The van der Waals surface area contributed by atoms with Crippen LogP contribution < -0.4 is 0 Å². The quantitative estimate of drug-likeness (QED) is 0.733. The van der Waals surface area contributed by atoms with Gasteiger partial charge in [-0.15, -0.1) is 0 Å². The molecule has 0 saturated heterocycles. The molecule has 7 heteroatoms. The third kappa shape index (κ3) is 3.27. The van der Waals surface area contributed by atoms with Crippen molar-refractivity contribution in [3.05, 3.63) is 58.9 Å². The van der Waals surface area contributed by atoms with Crippen molar-refractivity contribution in [2.75, 3.05) is 7.11 Å². The lowest BCUT2D eigenvalue weighted by Crippen LogP contribution is -2.04. The van der Waals surface area contributed by atoms with Crippen LogP contribution in [0.1, 0.15) is 21.5 Å². The van der Waals surface area contributed by atoms with Crippen LogP contribution in [0.2, 0.25) is 0 Å². The largest absolute Gasteiger partial charge is 0.465 e. The second kappa shape index (κ2) is 6.82. The topological polar surface area (TPSA) is 85.5 Å². The number of ether oxygens (including phenoxy) is 1. The van der Waals surface area contributed by atoms with Crippen molar-refractivity contribution in [1.82, 2.24) is 10.1 Å². The summed E-state index contributed by atoms with van der Waals surface area (Å²) < 4.78 is 23.8. The van der Waals surface area contributed by atoms with Gasteiger partial charge in [-0.25, -0.2) is 9.18 Å². The van der Waals surface area contributed by atoms with Crippen LogP contribution in [0.15, 0.2) is 40.9 Å². The maximum Gasteiger partial charge on any atom is 0.340 e. The number of carbonyl (C=O) groups is 1. The fraction of sp³-hybridized carbons (Fsp3) is 0.167. The van der Waals surface area contributed by atoms with E-state index in [1.807, 2.05) is 13.0 Å². The number of esters is 1. The van der Waals surface area contributed by atoms with E-state index in [2.05, 4.69) is 14.9 Å². The second-order valence-electron chi connectivity index (χ2n) is 5.41. The van der Waals surface area contributed by atoms with Crippen LogP contribution in [0.4, 0.5) is 4.39 Å². The number of aromatic nitrogens is 2. The summed E-state index contributed by atoms with van der Waals surface area (Å²) >= 11 is 0. The summed E-state index contributed by atoms with van der Waals surface area (Å²) in [6.07, 6.45) is 0. The zero-order chi connectivity index (χ0) is 18.0. The summed E-state index contributed by atoms with van der Waals surface area (Å²) in [6, 6.07) is 9.37. The van der Waals surface area contributed by atoms with Crippen molar-refractivity contribution >= 4 is 5.97 Å². The standard InChI is InChI=1S/C18H15FN2O4/c1-10-3-4-12(7-13(10)9-22)17-20-16(21-25-17)11-5-6-14(15(19)8-11)18(23)24-2/h3-8,22H,9H2,1-2H3. The third-order valence-electron chi connectivity index (χ3n) is 3.83. The first kappa shape index (κ1) is 16.8. The maximum absolute atomic E-state index is 14.0. The van der Waals surface area contributed by atoms with E-state index in [0.29, 0.717) is 11.1 Å². The number of aryl methyl sites for hydroxylation is 1. The Morgan fingerprint density at radius 1 is 1.24 bits per heavy atom. The molecule has 128 valence electrons. The molecule has 0 amide bonds. The van der Waals surface area contributed by atoms with Crippen molar-refractivity contribution < 1.29 is 23.6 Å². The number of hydrogen-bond donors (Lipinski definition) is 1. The number of nitrogens with zero attached hydrogens (tertiary/aromatic N) is 2. The molecule has 6 nitrogen and oxygen atoms in total. The fourth-order valence-electron chi connectivity index (χ4n) is 2.36. The molecule has 1 aromatic heterocycles. The summed E-state index contributed by atoms with van der Waals surface area (Å²) in [6.45, 7) is 1.79. The number of aliphatic hydroxyl groups is 1. The molecule has 0 fully saturated rings. The molecule has 0 saturated carbocycles. The van der Waals surface area contributed by atoms with Crippen LogP contribution in [0.25, 0.3) is 22.8 Å². The predicted octanol–water partition coefficient (Wildman–Crippen LogP) is 3.13. The van der Waals surface area contributed by atoms with Gasteiger partial charge in [-0.1, -0.05) is 11.2 Å². The molecule has 0 unspecified atom stereocenters. The van der Waals surface area contributed by atoms with Crippen LogP contribution in [0.3, 0.4) is 0 Å². The number of carbonyl (C=O) groups excluding carboxylic acids is 1. The molecule has 1 heterocycles. The van der Waals surface area contributed by atoms with Gasteiger partial charge in [-0.3, -0.25) is 0 Å². The summed E-state index contributed by atoms with van der Waals surface area (Å²) in [5.74, 6) is -1.04. The molecular weight excluding hydrogens is 327 g/mol. The van der Waals surface area contributed by atoms with E-state index in [1.54, 1.807) is 12.1 Å². The highest BCUT2D eigenvalue weighted by Crippen LogP contribution is 2.25. The zero-order valence-corrected chi connectivity index (χ0v) is 13.6. The predicted molar refractivity (Wildman–Crippen MR) is 87.1 cm³/mol. The van der Waals surface area contributed by atoms with Crippen LogP contribution in [-0.4, -0.2) is 28.3 Å². The SMILES string of the molecule is COC(=O)c1ccc(-c2noc(-c3ccc(C)c(CO)c3)n2)cc1F. The van der Waals surface area contributed by atoms with Gasteiger partial charge in [0.05, 0.1) is 19.3 Å². The lowest BCUT2D eigenvalue weighted by atomic mass is 10.1. The van der Waals surface area contributed by atoms with Gasteiger partial charge >= 0.3 is 5.97 Å². The van der Waals surface area contributed by atoms with Crippen molar-refractivity contribution in [3.8, 4) is 22.8 Å². The molecule has 0 spiro atoms. The van der Waals surface area contributed by atoms with Crippen LogP contribution in [0.5, 0.6) is 0 Å². The van der Waals surface area contributed by atoms with Gasteiger partial charge in [0.15, 0.2) is 0 Å². The number of aliphatic hydroxyl groups excluding tert-OH is 1. The van der Waals surface area contributed by atoms with Crippen molar-refractivity contribution in [2.45, 2.75) is 13.5 Å². The lowest BCUT2D eigenvalue weighted by Gasteiger charge is -2.03. The Morgan fingerprint density at radius 3 is 2.68 bits per heavy atom. The van der Waals surface area contributed by atoms with Crippen molar-refractivity contribution in [3.63, 3.8) is 0 Å². The van der Waals surface area contributed by atoms with Gasteiger partial charge in [0, 0.05) is 11.1 Å². The smallest absolute Gasteiger partial charge is 0.340 e. The van der Waals surface area contributed by atoms with E-state index in [-0.39, 0.29) is 23.9 Å². The average Bonchev–Trinajstić information content (AvgIpc) is 3.11. The molecule has 3 rings (SSSR count). The van der Waals surface area contributed by atoms with Crippen LogP contribution >= 0.6 is 0 Å². The molecular formula is C18H15FN2O4. The Balaban J connectivity index is 1.94. The minimum absolute atomic E-state index is 0.0964. The van der Waals surface area contributed by atoms with Crippen LogP contribution in [-0.2, 0) is 11.3 Å². The van der Waals surface area contributed by atoms with E-state index < -0.39 is 11.8 Å². The first-order chi connectivity index (χ1) is 12.0. The first-order valence-electron chi connectivity index (χ1n) is 7.46. The maximum atomic E-state index is 14.0. The van der Waals surface area contributed by atoms with Gasteiger partial charge < -0.3 is 14.4 Å². The number of hydrogen-bond acceptors (Lipinski definition) is 6. The highest BCUT2D eigenvalue weighted by Gasteiger charge is 2.16. The average molecular weight is 342 g/mol. The van der Waals surface area contributed by atoms with Gasteiger partial charge in [0.25, 0.3) is 5.89 Å². The Bertz CT molecular complexity index is 937. The summed E-state index contributed by atoms with van der Waals surface area (Å²) in [5, 5.41) is 13.2. The minimum atomic E-state index is -0.756. The number of benzene rings is 2. The molecule has 3 aromatic rings. The van der Waals surface area contributed by atoms with Gasteiger partial charge in [-0.05, 0) is 48.4 Å². The normalized spacial score (nSPS) is 10.7. The molecule has 0 radical (unpaired) electrons. The molecule has 0 aliphatic rings. The fourth-order valence-corrected chi connectivity index (χ4v) is 2.36. The third-order valence-corrected chi connectivity index (χ3v) is 3.83. The molecule has 0 atom stereocenters. The van der Waals surface area contributed by atoms with E-state index >= 15 is 0 Å². The second-order valence-corrected chi connectivity index (χ2v) is 5.41. The number of rotatable bonds is 4. The zero-order valence-electron chi connectivity index (χ0n) is 13.6. The van der Waals surface area contributed by atoms with Crippen LogP contribution in [0, 0.1) is 12.7 Å². The van der Waals surface area contributed by atoms with E-state index in [0.717, 1.165) is 17.2 Å². The van der Waals surface area contributed by atoms with Crippen molar-refractivity contribution in [2.24, 2.45) is 0 Å². The highest BCUT2D eigenvalue weighted by atomic mass is 19.1. The summed E-state index contributed by atoms with van der Waals surface area (Å²) in [4.78, 5) is 15.7. The molecule has 0 aliphatic heterocycles. The van der Waals surface area contributed by atoms with E-state index in [9.17, 15) is 14.3 Å². The lowest BCUT2D eigenvalue weighted by molar-refractivity contribution is 0.0595. The van der Waals surface area contributed by atoms with Crippen molar-refractivity contribution in [1.29, 1.82) is 0 Å². The van der Waals surface area contributed by atoms with Gasteiger partial charge in [-0.2, -0.15) is 4.98 Å². The first-order valence-corrected chi connectivity index (χ1v) is 7.46. The monoisotopic (exact) mass is 342 g/mol.